The molecule has 1 aliphatic heterocycles. The van der Waals surface area contributed by atoms with Crippen molar-refractivity contribution in [1.29, 1.82) is 0 Å². The van der Waals surface area contributed by atoms with Crippen molar-refractivity contribution in [2.24, 2.45) is 0 Å². The first-order valence-corrected chi connectivity index (χ1v) is 13.3. The van der Waals surface area contributed by atoms with Gasteiger partial charge >= 0.3 is 0 Å². The van der Waals surface area contributed by atoms with Crippen molar-refractivity contribution >= 4 is 57.5 Å². The van der Waals surface area contributed by atoms with Gasteiger partial charge in [-0.1, -0.05) is 18.2 Å². The van der Waals surface area contributed by atoms with Crippen LogP contribution in [0, 0.1) is 10.1 Å². The molecule has 1 aliphatic rings. The van der Waals surface area contributed by atoms with Gasteiger partial charge in [0, 0.05) is 43.6 Å². The van der Waals surface area contributed by atoms with Crippen LogP contribution < -0.4 is 15.5 Å². The van der Waals surface area contributed by atoms with Crippen molar-refractivity contribution in [2.45, 2.75) is 0 Å². The fourth-order valence-electron chi connectivity index (χ4n) is 4.25. The van der Waals surface area contributed by atoms with E-state index in [1.165, 1.54) is 29.5 Å². The fraction of sp³-hybridized carbons (Fsp3) is 0.148. The van der Waals surface area contributed by atoms with Gasteiger partial charge in [-0.25, -0.2) is 0 Å². The number of thiocarbonyl (C=S) groups is 1. The molecule has 2 aromatic heterocycles. The Labute approximate surface area is 233 Å². The molecule has 1 fully saturated rings. The van der Waals surface area contributed by atoms with Crippen molar-refractivity contribution in [2.75, 3.05) is 36.4 Å². The van der Waals surface area contributed by atoms with Gasteiger partial charge in [0.2, 0.25) is 0 Å². The number of carbonyl (C=O) groups is 2. The van der Waals surface area contributed by atoms with Gasteiger partial charge in [0.25, 0.3) is 17.5 Å². The zero-order valence-corrected chi connectivity index (χ0v) is 22.2. The summed E-state index contributed by atoms with van der Waals surface area (Å²) in [4.78, 5) is 40.8. The summed E-state index contributed by atoms with van der Waals surface area (Å²) in [6.45, 7) is 2.77. The van der Waals surface area contributed by atoms with E-state index >= 15 is 0 Å². The van der Waals surface area contributed by atoms with Gasteiger partial charge < -0.3 is 19.5 Å². The number of amides is 2. The van der Waals surface area contributed by atoms with Crippen LogP contribution in [0.3, 0.4) is 0 Å². The second kappa shape index (κ2) is 11.5. The Bertz CT molecular complexity index is 1510. The van der Waals surface area contributed by atoms with Crippen LogP contribution in [-0.2, 0) is 0 Å². The number of furan rings is 1. The molecule has 0 saturated carbocycles. The molecule has 1 saturated heterocycles. The molecule has 0 aliphatic carbocycles. The third kappa shape index (κ3) is 5.97. The Kier molecular flexibility index (Phi) is 7.66. The van der Waals surface area contributed by atoms with Gasteiger partial charge in [-0.2, -0.15) is 0 Å². The minimum atomic E-state index is -0.580. The van der Waals surface area contributed by atoms with Gasteiger partial charge in [0.1, 0.15) is 5.76 Å². The van der Waals surface area contributed by atoms with E-state index in [1.807, 2.05) is 46.7 Å². The third-order valence-electron chi connectivity index (χ3n) is 6.21. The number of para-hydroxylation sites is 1. The smallest absolute Gasteiger partial charge is 0.293 e. The van der Waals surface area contributed by atoms with Gasteiger partial charge in [-0.05, 0) is 66.1 Å². The van der Waals surface area contributed by atoms with Crippen LogP contribution >= 0.6 is 23.6 Å². The molecule has 10 nitrogen and oxygen atoms in total. The molecule has 0 radical (unpaired) electrons. The Morgan fingerprint density at radius 2 is 1.69 bits per heavy atom. The first kappa shape index (κ1) is 26.1. The lowest BCUT2D eigenvalue weighted by atomic mass is 10.1. The quantitative estimate of drug-likeness (QED) is 0.192. The maximum Gasteiger partial charge on any atom is 0.293 e. The van der Waals surface area contributed by atoms with Crippen molar-refractivity contribution in [3.8, 4) is 11.3 Å². The zero-order valence-electron chi connectivity index (χ0n) is 20.5. The first-order valence-electron chi connectivity index (χ1n) is 12.0. The van der Waals surface area contributed by atoms with E-state index in [-0.39, 0.29) is 33.8 Å². The predicted molar refractivity (Wildman–Crippen MR) is 153 cm³/mol. The summed E-state index contributed by atoms with van der Waals surface area (Å²) >= 11 is 6.73. The number of hydrogen-bond donors (Lipinski definition) is 2. The van der Waals surface area contributed by atoms with Crippen LogP contribution in [-0.4, -0.2) is 52.9 Å². The van der Waals surface area contributed by atoms with Crippen LogP contribution in [0.15, 0.2) is 82.6 Å². The van der Waals surface area contributed by atoms with Crippen LogP contribution in [0.4, 0.5) is 17.1 Å². The van der Waals surface area contributed by atoms with E-state index < -0.39 is 10.8 Å². The number of anilines is 2. The molecule has 0 atom stereocenters. The highest BCUT2D eigenvalue weighted by Crippen LogP contribution is 2.31. The predicted octanol–water partition coefficient (Wildman–Crippen LogP) is 5.01. The number of nitrogens with one attached hydrogen (secondary N) is 2. The summed E-state index contributed by atoms with van der Waals surface area (Å²) in [6.07, 6.45) is 0. The lowest BCUT2D eigenvalue weighted by molar-refractivity contribution is -0.384. The molecule has 0 spiro atoms. The Morgan fingerprint density at radius 1 is 0.949 bits per heavy atom. The number of rotatable bonds is 6. The van der Waals surface area contributed by atoms with Crippen LogP contribution in [0.25, 0.3) is 11.3 Å². The van der Waals surface area contributed by atoms with E-state index in [2.05, 4.69) is 15.5 Å². The molecule has 2 amide bonds. The van der Waals surface area contributed by atoms with Crippen molar-refractivity contribution in [3.05, 3.63) is 98.9 Å². The Balaban J connectivity index is 1.14. The second-order valence-corrected chi connectivity index (χ2v) is 10.0. The molecule has 0 bridgehead atoms. The summed E-state index contributed by atoms with van der Waals surface area (Å²) in [6, 6.07) is 20.4. The molecule has 2 aromatic carbocycles. The average Bonchev–Trinajstić information content (AvgIpc) is 3.66. The lowest BCUT2D eigenvalue weighted by Crippen LogP contribution is -2.48. The Hall–Kier alpha value is -4.55. The van der Waals surface area contributed by atoms with E-state index in [9.17, 15) is 19.7 Å². The van der Waals surface area contributed by atoms with Gasteiger partial charge in [-0.3, -0.25) is 25.0 Å². The topological polar surface area (TPSA) is 121 Å². The minimum Gasteiger partial charge on any atom is -0.451 e. The number of thiophene rings is 1. The standard InChI is InChI=1S/C27H23N5O5S2/c33-25(23-12-11-22(37-23)20-4-1-2-5-21(20)32(35)36)29-27(38)28-18-7-9-19(10-8-18)30-13-15-31(16-14-30)26(34)24-6-3-17-39-24/h1-12,17H,13-16H2,(H2,28,29,33,38). The van der Waals surface area contributed by atoms with Crippen LogP contribution in [0.5, 0.6) is 0 Å². The molecule has 5 rings (SSSR count). The highest BCUT2D eigenvalue weighted by molar-refractivity contribution is 7.80. The number of benzene rings is 2. The van der Waals surface area contributed by atoms with Crippen LogP contribution in [0.2, 0.25) is 0 Å². The van der Waals surface area contributed by atoms with E-state index in [0.29, 0.717) is 18.8 Å². The molecule has 4 aromatic rings. The molecule has 12 heteroatoms. The highest BCUT2D eigenvalue weighted by Gasteiger charge is 2.23. The average molecular weight is 562 g/mol. The molecule has 2 N–H and O–H groups in total. The molecular weight excluding hydrogens is 538 g/mol. The lowest BCUT2D eigenvalue weighted by Gasteiger charge is -2.36. The van der Waals surface area contributed by atoms with E-state index in [0.717, 1.165) is 23.7 Å². The largest absolute Gasteiger partial charge is 0.451 e. The number of hydrogen-bond acceptors (Lipinski definition) is 8. The minimum absolute atomic E-state index is 0.0284. The maximum absolute atomic E-state index is 12.6. The molecule has 3 heterocycles. The van der Waals surface area contributed by atoms with Crippen LogP contribution in [0.1, 0.15) is 20.2 Å². The summed E-state index contributed by atoms with van der Waals surface area (Å²) < 4.78 is 5.57. The summed E-state index contributed by atoms with van der Waals surface area (Å²) in [5, 5.41) is 18.8. The third-order valence-corrected chi connectivity index (χ3v) is 7.27. The van der Waals surface area contributed by atoms with Crippen molar-refractivity contribution in [1.82, 2.24) is 10.2 Å². The molecule has 39 heavy (non-hydrogen) atoms. The monoisotopic (exact) mass is 561 g/mol. The summed E-state index contributed by atoms with van der Waals surface area (Å²) in [5.74, 6) is -0.325. The molecular formula is C27H23N5O5S2. The second-order valence-electron chi connectivity index (χ2n) is 8.65. The summed E-state index contributed by atoms with van der Waals surface area (Å²) in [7, 11) is 0. The number of nitrogens with zero attached hydrogens (tertiary/aromatic N) is 3. The number of piperazine rings is 1. The fourth-order valence-corrected chi connectivity index (χ4v) is 5.15. The summed E-state index contributed by atoms with van der Waals surface area (Å²) in [5.41, 5.74) is 1.87. The number of carbonyl (C=O) groups excluding carboxylic acids is 2. The van der Waals surface area contributed by atoms with Gasteiger partial charge in [-0.15, -0.1) is 11.3 Å². The maximum atomic E-state index is 12.6. The van der Waals surface area contributed by atoms with E-state index in [4.69, 9.17) is 16.6 Å². The van der Waals surface area contributed by atoms with E-state index in [1.54, 1.807) is 18.2 Å². The zero-order chi connectivity index (χ0) is 27.4. The van der Waals surface area contributed by atoms with Crippen molar-refractivity contribution < 1.29 is 18.9 Å². The number of nitro benzene ring substituents is 1. The normalized spacial score (nSPS) is 13.1. The van der Waals surface area contributed by atoms with Gasteiger partial charge in [0.05, 0.1) is 15.4 Å². The van der Waals surface area contributed by atoms with Gasteiger partial charge in [0.15, 0.2) is 10.9 Å². The Morgan fingerprint density at radius 3 is 2.38 bits per heavy atom. The highest BCUT2D eigenvalue weighted by atomic mass is 32.1. The number of nitro groups is 1. The molecule has 0 unspecified atom stereocenters. The van der Waals surface area contributed by atoms with Crippen molar-refractivity contribution in [3.63, 3.8) is 0 Å². The SMILES string of the molecule is O=C(NC(=S)Nc1ccc(N2CCN(C(=O)c3cccs3)CC2)cc1)c1ccc(-c2ccccc2[N+](=O)[O-])o1. The molecule has 198 valence electrons. The first-order chi connectivity index (χ1) is 18.9.